The van der Waals surface area contributed by atoms with Crippen LogP contribution in [0.3, 0.4) is 0 Å². The average molecular weight is 194 g/mol. The molecule has 4 N–H and O–H groups in total. The summed E-state index contributed by atoms with van der Waals surface area (Å²) in [6.45, 7) is 4.23. The number of rotatable bonds is 4. The number of hydrogen-bond donors (Lipinski definition) is 2. The van der Waals surface area contributed by atoms with Crippen molar-refractivity contribution in [3.05, 3.63) is 11.3 Å². The topological polar surface area (TPSA) is 77.8 Å². The van der Waals surface area contributed by atoms with Gasteiger partial charge in [-0.3, -0.25) is 0 Å². The Bertz CT molecular complexity index is 309. The SMILES string of the molecule is CCCc1nc(N)nc(N)c1CCC. The fraction of sp³-hybridized carbons (Fsp3) is 0.600. The standard InChI is InChI=1S/C10H18N4/c1-3-5-7-8(6-4-2)13-10(12)14-9(7)11/h3-6H2,1-2H3,(H4,11,12,13,14). The third-order valence-corrected chi connectivity index (χ3v) is 2.13. The number of nitrogens with zero attached hydrogens (tertiary/aromatic N) is 2. The molecule has 0 spiro atoms. The maximum atomic E-state index is 5.81. The highest BCUT2D eigenvalue weighted by molar-refractivity contribution is 5.46. The minimum Gasteiger partial charge on any atom is -0.383 e. The van der Waals surface area contributed by atoms with Crippen molar-refractivity contribution in [3.8, 4) is 0 Å². The lowest BCUT2D eigenvalue weighted by Crippen LogP contribution is -2.09. The van der Waals surface area contributed by atoms with Crippen LogP contribution in [0, 0.1) is 0 Å². The first-order valence-electron chi connectivity index (χ1n) is 5.09. The first kappa shape index (κ1) is 10.8. The summed E-state index contributed by atoms with van der Waals surface area (Å²) in [4.78, 5) is 8.21. The van der Waals surface area contributed by atoms with Crippen LogP contribution in [0.5, 0.6) is 0 Å². The summed E-state index contributed by atoms with van der Waals surface area (Å²) in [5.74, 6) is 0.827. The first-order chi connectivity index (χ1) is 6.69. The van der Waals surface area contributed by atoms with Crippen LogP contribution in [0.1, 0.15) is 37.9 Å². The van der Waals surface area contributed by atoms with Crippen molar-refractivity contribution >= 4 is 11.8 Å². The van der Waals surface area contributed by atoms with Crippen LogP contribution in [-0.2, 0) is 12.8 Å². The van der Waals surface area contributed by atoms with Gasteiger partial charge in [0.2, 0.25) is 5.95 Å². The van der Waals surface area contributed by atoms with Crippen LogP contribution in [0.15, 0.2) is 0 Å². The van der Waals surface area contributed by atoms with Gasteiger partial charge in [0.05, 0.1) is 5.69 Å². The molecule has 1 heterocycles. The van der Waals surface area contributed by atoms with E-state index in [1.807, 2.05) is 0 Å². The highest BCUT2D eigenvalue weighted by Crippen LogP contribution is 2.18. The zero-order chi connectivity index (χ0) is 10.6. The molecule has 4 heteroatoms. The molecule has 0 unspecified atom stereocenters. The van der Waals surface area contributed by atoms with Crippen molar-refractivity contribution < 1.29 is 0 Å². The van der Waals surface area contributed by atoms with E-state index >= 15 is 0 Å². The highest BCUT2D eigenvalue weighted by Gasteiger charge is 2.09. The Hall–Kier alpha value is -1.32. The molecule has 0 aliphatic carbocycles. The average Bonchev–Trinajstić information content (AvgIpc) is 2.11. The van der Waals surface area contributed by atoms with Gasteiger partial charge in [-0.15, -0.1) is 0 Å². The molecule has 0 amide bonds. The van der Waals surface area contributed by atoms with Gasteiger partial charge in [-0.25, -0.2) is 4.98 Å². The van der Waals surface area contributed by atoms with E-state index in [4.69, 9.17) is 11.5 Å². The van der Waals surface area contributed by atoms with E-state index in [2.05, 4.69) is 23.8 Å². The Morgan fingerprint density at radius 3 is 2.21 bits per heavy atom. The minimum atomic E-state index is 0.283. The van der Waals surface area contributed by atoms with Gasteiger partial charge in [0.1, 0.15) is 5.82 Å². The van der Waals surface area contributed by atoms with Gasteiger partial charge in [0.25, 0.3) is 0 Å². The molecule has 0 aromatic carbocycles. The van der Waals surface area contributed by atoms with Crippen LogP contribution < -0.4 is 11.5 Å². The smallest absolute Gasteiger partial charge is 0.222 e. The summed E-state index contributed by atoms with van der Waals surface area (Å²) < 4.78 is 0. The van der Waals surface area contributed by atoms with E-state index < -0.39 is 0 Å². The van der Waals surface area contributed by atoms with Gasteiger partial charge in [-0.1, -0.05) is 26.7 Å². The molecular formula is C10H18N4. The molecule has 0 saturated heterocycles. The number of aromatic nitrogens is 2. The van der Waals surface area contributed by atoms with Crippen LogP contribution in [-0.4, -0.2) is 9.97 Å². The molecule has 0 fully saturated rings. The van der Waals surface area contributed by atoms with Crippen molar-refractivity contribution in [2.45, 2.75) is 39.5 Å². The normalized spacial score (nSPS) is 10.4. The van der Waals surface area contributed by atoms with Crippen molar-refractivity contribution in [1.82, 2.24) is 9.97 Å². The first-order valence-corrected chi connectivity index (χ1v) is 5.09. The molecule has 1 aromatic rings. The van der Waals surface area contributed by atoms with Crippen LogP contribution >= 0.6 is 0 Å². The van der Waals surface area contributed by atoms with Crippen LogP contribution in [0.2, 0.25) is 0 Å². The fourth-order valence-electron chi connectivity index (χ4n) is 1.54. The maximum Gasteiger partial charge on any atom is 0.222 e. The van der Waals surface area contributed by atoms with E-state index in [1.54, 1.807) is 0 Å². The molecule has 0 aliphatic heterocycles. The molecule has 0 atom stereocenters. The second-order valence-corrected chi connectivity index (χ2v) is 3.39. The Morgan fingerprint density at radius 1 is 1.00 bits per heavy atom. The molecule has 0 bridgehead atoms. The summed E-state index contributed by atoms with van der Waals surface area (Å²) >= 11 is 0. The monoisotopic (exact) mass is 194 g/mol. The quantitative estimate of drug-likeness (QED) is 0.762. The predicted molar refractivity (Wildman–Crippen MR) is 58.8 cm³/mol. The van der Waals surface area contributed by atoms with E-state index in [-0.39, 0.29) is 5.95 Å². The zero-order valence-electron chi connectivity index (χ0n) is 8.88. The molecular weight excluding hydrogens is 176 g/mol. The molecule has 0 aliphatic rings. The molecule has 14 heavy (non-hydrogen) atoms. The van der Waals surface area contributed by atoms with E-state index in [9.17, 15) is 0 Å². The van der Waals surface area contributed by atoms with Gasteiger partial charge in [0, 0.05) is 5.56 Å². The van der Waals surface area contributed by atoms with Crippen molar-refractivity contribution in [3.63, 3.8) is 0 Å². The molecule has 0 radical (unpaired) electrons. The van der Waals surface area contributed by atoms with Gasteiger partial charge in [-0.2, -0.15) is 4.98 Å². The van der Waals surface area contributed by atoms with Gasteiger partial charge in [-0.05, 0) is 12.8 Å². The minimum absolute atomic E-state index is 0.283. The van der Waals surface area contributed by atoms with Crippen molar-refractivity contribution in [2.75, 3.05) is 11.5 Å². The summed E-state index contributed by atoms with van der Waals surface area (Å²) in [5.41, 5.74) is 13.4. The van der Waals surface area contributed by atoms with Gasteiger partial charge >= 0.3 is 0 Å². The number of nitrogen functional groups attached to an aromatic ring is 2. The predicted octanol–water partition coefficient (Wildman–Crippen LogP) is 1.55. The lowest BCUT2D eigenvalue weighted by Gasteiger charge is -2.09. The lowest BCUT2D eigenvalue weighted by molar-refractivity contribution is 0.823. The van der Waals surface area contributed by atoms with Crippen LogP contribution in [0.25, 0.3) is 0 Å². The van der Waals surface area contributed by atoms with Crippen LogP contribution in [0.4, 0.5) is 11.8 Å². The third-order valence-electron chi connectivity index (χ3n) is 2.13. The lowest BCUT2D eigenvalue weighted by atomic mass is 10.1. The summed E-state index contributed by atoms with van der Waals surface area (Å²) in [7, 11) is 0. The summed E-state index contributed by atoms with van der Waals surface area (Å²) in [6, 6.07) is 0. The summed E-state index contributed by atoms with van der Waals surface area (Å²) in [6.07, 6.45) is 3.95. The molecule has 78 valence electrons. The third kappa shape index (κ3) is 2.34. The Labute approximate surface area is 84.7 Å². The summed E-state index contributed by atoms with van der Waals surface area (Å²) in [5, 5.41) is 0. The highest BCUT2D eigenvalue weighted by atomic mass is 15.0. The van der Waals surface area contributed by atoms with E-state index in [1.165, 1.54) is 0 Å². The van der Waals surface area contributed by atoms with Gasteiger partial charge < -0.3 is 11.5 Å². The van der Waals surface area contributed by atoms with E-state index in [0.29, 0.717) is 5.82 Å². The van der Waals surface area contributed by atoms with Gasteiger partial charge in [0.15, 0.2) is 0 Å². The Balaban J connectivity index is 3.07. The Kier molecular flexibility index (Phi) is 3.68. The second-order valence-electron chi connectivity index (χ2n) is 3.39. The number of aryl methyl sites for hydroxylation is 1. The van der Waals surface area contributed by atoms with E-state index in [0.717, 1.165) is 36.9 Å². The largest absolute Gasteiger partial charge is 0.383 e. The molecule has 4 nitrogen and oxygen atoms in total. The van der Waals surface area contributed by atoms with Crippen molar-refractivity contribution in [1.29, 1.82) is 0 Å². The number of hydrogen-bond acceptors (Lipinski definition) is 4. The molecule has 1 aromatic heterocycles. The molecule has 1 rings (SSSR count). The molecule has 0 saturated carbocycles. The Morgan fingerprint density at radius 2 is 1.64 bits per heavy atom. The van der Waals surface area contributed by atoms with Crippen molar-refractivity contribution in [2.24, 2.45) is 0 Å². The zero-order valence-corrected chi connectivity index (χ0v) is 8.88. The number of anilines is 2. The number of nitrogens with two attached hydrogens (primary N) is 2. The second kappa shape index (κ2) is 4.79. The fourth-order valence-corrected chi connectivity index (χ4v) is 1.54. The maximum absolute atomic E-state index is 5.81.